The summed E-state index contributed by atoms with van der Waals surface area (Å²) in [5.41, 5.74) is 5.35. The summed E-state index contributed by atoms with van der Waals surface area (Å²) in [6.45, 7) is 0. The fraction of sp³-hybridized carbons (Fsp3) is 0.778. The predicted molar refractivity (Wildman–Crippen MR) is 97.1 cm³/mol. The van der Waals surface area contributed by atoms with Crippen molar-refractivity contribution in [3.05, 3.63) is 35.4 Å². The molecule has 0 N–H and O–H groups in total. The molecule has 0 radical (unpaired) electrons. The molecule has 0 aliphatic heterocycles. The van der Waals surface area contributed by atoms with Gasteiger partial charge in [-0.1, -0.05) is 24.3 Å². The van der Waals surface area contributed by atoms with Crippen LogP contribution < -0.4 is 0 Å². The monoisotopic (exact) mass is 348 g/mol. The van der Waals surface area contributed by atoms with Crippen LogP contribution >= 0.6 is 0 Å². The number of hydrogen-bond donors (Lipinski definition) is 0. The Morgan fingerprint density at radius 1 is 0.519 bits per heavy atom. The summed E-state index contributed by atoms with van der Waals surface area (Å²) in [4.78, 5) is 0. The summed E-state index contributed by atoms with van der Waals surface area (Å²) in [6, 6.07) is 10.1. The molecular formula is C27H24. The molecule has 132 valence electrons. The molecule has 0 aromatic heterocycles. The summed E-state index contributed by atoms with van der Waals surface area (Å²) < 4.78 is 0. The molecule has 27 heavy (non-hydrogen) atoms. The van der Waals surface area contributed by atoms with Crippen LogP contribution in [0.3, 0.4) is 0 Å². The van der Waals surface area contributed by atoms with E-state index in [1.165, 1.54) is 107 Å². The average Bonchev–Trinajstić information content (AvgIpc) is 3.39. The van der Waals surface area contributed by atoms with Crippen molar-refractivity contribution in [3.63, 3.8) is 0 Å². The van der Waals surface area contributed by atoms with Gasteiger partial charge < -0.3 is 0 Å². The summed E-state index contributed by atoms with van der Waals surface area (Å²) in [6.07, 6.45) is 1.55. The van der Waals surface area contributed by atoms with Gasteiger partial charge in [0.05, 0.1) is 0 Å². The van der Waals surface area contributed by atoms with Crippen LogP contribution in [0, 0.1) is 112 Å². The Bertz CT molecular complexity index is 1070. The fourth-order valence-electron chi connectivity index (χ4n) is 18.1. The molecule has 12 fully saturated rings. The third-order valence-electron chi connectivity index (χ3n) is 15.8. The lowest BCUT2D eigenvalue weighted by Gasteiger charge is -2.44. The van der Waals surface area contributed by atoms with Crippen molar-refractivity contribution < 1.29 is 0 Å². The van der Waals surface area contributed by atoms with Crippen molar-refractivity contribution >= 4 is 0 Å². The molecule has 1 aromatic carbocycles. The molecule has 16 atom stereocenters. The van der Waals surface area contributed by atoms with Gasteiger partial charge in [0.1, 0.15) is 0 Å². The normalized spacial score (nSPS) is 89.6. The van der Waals surface area contributed by atoms with Crippen LogP contribution in [0.25, 0.3) is 0 Å². The molecule has 12 saturated carbocycles. The van der Waals surface area contributed by atoms with E-state index in [0.29, 0.717) is 0 Å². The minimum Gasteiger partial charge on any atom is -0.0620 e. The molecule has 0 heteroatoms. The van der Waals surface area contributed by atoms with Crippen LogP contribution in [0.15, 0.2) is 24.3 Å². The Morgan fingerprint density at radius 3 is 1.63 bits per heavy atom. The first-order chi connectivity index (χ1) is 13.4. The second-order valence-corrected chi connectivity index (χ2v) is 13.9. The number of fused-ring (bicyclic) bond motifs is 1. The van der Waals surface area contributed by atoms with Gasteiger partial charge in [-0.3, -0.25) is 0 Å². The quantitative estimate of drug-likeness (QED) is 0.670. The molecule has 2 spiro atoms. The Labute approximate surface area is 159 Å². The number of rotatable bonds is 0. The summed E-state index contributed by atoms with van der Waals surface area (Å²) in [7, 11) is 0. The van der Waals surface area contributed by atoms with Gasteiger partial charge in [-0.2, -0.15) is 0 Å². The molecule has 1 aromatic rings. The standard InChI is InChI=1S/C27H24/c1-2-4-7-6(3-1)5-26-22-16-10-8-9-12-14(10)20(22)24-18(12)19-13(9)15-11(8)17(16)23(26)21(15)25(19)27(7,24)26/h1-4,8-25H,5H2. The number of benzene rings is 1. The van der Waals surface area contributed by atoms with Gasteiger partial charge in [-0.25, -0.2) is 0 Å². The molecule has 0 bridgehead atoms. The minimum absolute atomic E-state index is 0.724. The fourth-order valence-corrected chi connectivity index (χ4v) is 18.1. The Balaban J connectivity index is 1.35. The zero-order chi connectivity index (χ0) is 16.1. The third kappa shape index (κ3) is 0.572. The van der Waals surface area contributed by atoms with E-state index in [9.17, 15) is 0 Å². The Kier molecular flexibility index (Phi) is 1.08. The van der Waals surface area contributed by atoms with Crippen LogP contribution in [0.5, 0.6) is 0 Å². The molecule has 0 saturated heterocycles. The highest BCUT2D eigenvalue weighted by atomic mass is 15.1. The Hall–Kier alpha value is -0.780. The highest BCUT2D eigenvalue weighted by Crippen LogP contribution is 3.07. The van der Waals surface area contributed by atoms with Gasteiger partial charge in [-0.05, 0) is 129 Å². The SMILES string of the molecule is c1ccc2c(c1)CC13C4C5C6C7C8C9C6C4C4C9C6C8C8C7C5C1C8C6C243. The van der Waals surface area contributed by atoms with Crippen molar-refractivity contribution in [2.75, 3.05) is 0 Å². The molecule has 16 unspecified atom stereocenters. The second-order valence-electron chi connectivity index (χ2n) is 13.9. The van der Waals surface area contributed by atoms with E-state index in [-0.39, 0.29) is 0 Å². The minimum atomic E-state index is 0.724. The maximum Gasteiger partial charge on any atom is 0.00888 e. The van der Waals surface area contributed by atoms with Gasteiger partial charge in [0.2, 0.25) is 0 Å². The predicted octanol–water partition coefficient (Wildman–Crippen LogP) is 3.71. The maximum absolute atomic E-state index is 2.69. The van der Waals surface area contributed by atoms with Crippen LogP contribution in [0.4, 0.5) is 0 Å². The zero-order valence-electron chi connectivity index (χ0n) is 15.4. The molecule has 13 aliphatic carbocycles. The molecule has 0 heterocycles. The Morgan fingerprint density at radius 2 is 1.00 bits per heavy atom. The maximum atomic E-state index is 2.69. The average molecular weight is 348 g/mol. The first-order valence-corrected chi connectivity index (χ1v) is 12.5. The highest BCUT2D eigenvalue weighted by Gasteiger charge is 3.05. The summed E-state index contributed by atoms with van der Waals surface area (Å²) in [5, 5.41) is 0. The highest BCUT2D eigenvalue weighted by molar-refractivity contribution is 5.61. The van der Waals surface area contributed by atoms with Crippen LogP contribution in [-0.2, 0) is 11.8 Å². The van der Waals surface area contributed by atoms with Gasteiger partial charge in [0.15, 0.2) is 0 Å². The summed E-state index contributed by atoms with van der Waals surface area (Å²) >= 11 is 0. The van der Waals surface area contributed by atoms with E-state index in [1.807, 2.05) is 11.1 Å². The summed E-state index contributed by atoms with van der Waals surface area (Å²) in [5.74, 6) is 22.3. The lowest BCUT2D eigenvalue weighted by Crippen LogP contribution is -2.45. The van der Waals surface area contributed by atoms with E-state index in [1.54, 1.807) is 6.42 Å². The van der Waals surface area contributed by atoms with Crippen molar-refractivity contribution in [1.29, 1.82) is 0 Å². The first kappa shape index (κ1) is 11.4. The van der Waals surface area contributed by atoms with Crippen LogP contribution in [0.2, 0.25) is 0 Å². The van der Waals surface area contributed by atoms with Gasteiger partial charge in [-0.15, -0.1) is 0 Å². The topological polar surface area (TPSA) is 0 Å². The molecule has 14 rings (SSSR count). The molecule has 0 nitrogen and oxygen atoms in total. The van der Waals surface area contributed by atoms with E-state index < -0.39 is 0 Å². The van der Waals surface area contributed by atoms with Crippen LogP contribution in [0.1, 0.15) is 11.1 Å². The van der Waals surface area contributed by atoms with Crippen molar-refractivity contribution in [2.24, 2.45) is 112 Å². The lowest BCUT2D eigenvalue weighted by molar-refractivity contribution is 0.0730. The first-order valence-electron chi connectivity index (χ1n) is 12.5. The van der Waals surface area contributed by atoms with E-state index in [2.05, 4.69) is 24.3 Å². The molecule has 0 amide bonds. The zero-order valence-corrected chi connectivity index (χ0v) is 15.4. The van der Waals surface area contributed by atoms with Crippen molar-refractivity contribution in [1.82, 2.24) is 0 Å². The van der Waals surface area contributed by atoms with Gasteiger partial charge in [0.25, 0.3) is 0 Å². The number of hydrogen-bond acceptors (Lipinski definition) is 0. The molecule has 13 aliphatic rings. The van der Waals surface area contributed by atoms with Crippen LogP contribution in [-0.4, -0.2) is 0 Å². The van der Waals surface area contributed by atoms with E-state index in [0.717, 1.165) is 10.8 Å². The van der Waals surface area contributed by atoms with Gasteiger partial charge >= 0.3 is 0 Å². The van der Waals surface area contributed by atoms with Crippen molar-refractivity contribution in [3.8, 4) is 0 Å². The largest absolute Gasteiger partial charge is 0.0620 e. The lowest BCUT2D eigenvalue weighted by atomic mass is 9.58. The smallest absolute Gasteiger partial charge is 0.00888 e. The van der Waals surface area contributed by atoms with E-state index in [4.69, 9.17) is 0 Å². The second kappa shape index (κ2) is 2.55. The van der Waals surface area contributed by atoms with Crippen molar-refractivity contribution in [2.45, 2.75) is 11.8 Å². The third-order valence-corrected chi connectivity index (χ3v) is 15.8. The van der Waals surface area contributed by atoms with Gasteiger partial charge in [0, 0.05) is 5.41 Å². The molecular weight excluding hydrogens is 324 g/mol. The van der Waals surface area contributed by atoms with E-state index >= 15 is 0 Å².